The molecule has 0 saturated carbocycles. The third-order valence-electron chi connectivity index (χ3n) is 2.63. The van der Waals surface area contributed by atoms with E-state index in [4.69, 9.17) is 4.74 Å². The molecule has 0 N–H and O–H groups in total. The number of fused-ring (bicyclic) bond motifs is 1. The molecule has 17 heavy (non-hydrogen) atoms. The molecule has 0 aliphatic carbocycles. The molecule has 2 nitrogen and oxygen atoms in total. The van der Waals surface area contributed by atoms with Gasteiger partial charge in [0.15, 0.2) is 0 Å². The second-order valence-corrected chi connectivity index (χ2v) is 4.76. The maximum Gasteiger partial charge on any atom is 0.213 e. The number of hydrogen-bond acceptors (Lipinski definition) is 2. The molecule has 1 aromatic heterocycles. The topological polar surface area (TPSA) is 22.1 Å². The largest absolute Gasteiger partial charge is 0.478 e. The molecular weight excluding hydrogens is 278 g/mol. The number of nitrogens with zero attached hydrogens (tertiary/aromatic N) is 1. The smallest absolute Gasteiger partial charge is 0.213 e. The Kier molecular flexibility index (Phi) is 4.80. The van der Waals surface area contributed by atoms with E-state index in [-0.39, 0.29) is 0 Å². The van der Waals surface area contributed by atoms with E-state index < -0.39 is 0 Å². The van der Waals surface area contributed by atoms with Gasteiger partial charge in [0.25, 0.3) is 0 Å². The zero-order valence-electron chi connectivity index (χ0n) is 9.73. The molecule has 90 valence electrons. The van der Waals surface area contributed by atoms with Gasteiger partial charge >= 0.3 is 0 Å². The van der Waals surface area contributed by atoms with Crippen molar-refractivity contribution in [1.82, 2.24) is 4.98 Å². The zero-order chi connectivity index (χ0) is 11.9. The summed E-state index contributed by atoms with van der Waals surface area (Å²) >= 11 is 3.42. The monoisotopic (exact) mass is 293 g/mol. The van der Waals surface area contributed by atoms with E-state index in [1.54, 1.807) is 0 Å². The molecule has 1 heterocycles. The Hall–Kier alpha value is -1.09. The van der Waals surface area contributed by atoms with Crippen molar-refractivity contribution in [3.63, 3.8) is 0 Å². The van der Waals surface area contributed by atoms with Crippen molar-refractivity contribution in [3.05, 3.63) is 36.5 Å². The molecule has 0 aliphatic rings. The predicted octanol–water partition coefficient (Wildman–Crippen LogP) is 4.18. The Balaban J connectivity index is 1.90. The van der Waals surface area contributed by atoms with Crippen molar-refractivity contribution in [3.8, 4) is 5.88 Å². The maximum absolute atomic E-state index is 5.63. The summed E-state index contributed by atoms with van der Waals surface area (Å²) in [5, 5.41) is 3.40. The molecular formula is C14H16BrNO. The molecule has 0 atom stereocenters. The lowest BCUT2D eigenvalue weighted by Crippen LogP contribution is -1.99. The molecule has 0 fully saturated rings. The maximum atomic E-state index is 5.63. The van der Waals surface area contributed by atoms with Gasteiger partial charge in [0.2, 0.25) is 5.88 Å². The number of hydrogen-bond donors (Lipinski definition) is 0. The van der Waals surface area contributed by atoms with Crippen molar-refractivity contribution in [1.29, 1.82) is 0 Å². The minimum atomic E-state index is 0.725. The molecule has 0 radical (unpaired) electrons. The lowest BCUT2D eigenvalue weighted by molar-refractivity contribution is 0.295. The van der Waals surface area contributed by atoms with Gasteiger partial charge in [-0.05, 0) is 24.6 Å². The van der Waals surface area contributed by atoms with Gasteiger partial charge in [-0.15, -0.1) is 0 Å². The van der Waals surface area contributed by atoms with Crippen LogP contribution in [-0.4, -0.2) is 16.9 Å². The van der Waals surface area contributed by atoms with Crippen molar-refractivity contribution in [2.45, 2.75) is 19.3 Å². The zero-order valence-corrected chi connectivity index (χ0v) is 11.3. The number of benzene rings is 1. The van der Waals surface area contributed by atoms with E-state index in [1.807, 2.05) is 24.4 Å². The van der Waals surface area contributed by atoms with Gasteiger partial charge in [0.1, 0.15) is 0 Å². The number of ether oxygens (including phenoxy) is 1. The standard InChI is InChI=1S/C14H16BrNO/c15-8-4-1-5-9-17-14-10-12-6-2-3-7-13(12)11-16-14/h2-3,6-7,10-11H,1,4-5,8-9H2. The second-order valence-electron chi connectivity index (χ2n) is 3.97. The second kappa shape index (κ2) is 6.60. The Labute approximate surface area is 110 Å². The number of halogens is 1. The Morgan fingerprint density at radius 2 is 1.88 bits per heavy atom. The highest BCUT2D eigenvalue weighted by Gasteiger charge is 1.98. The number of pyridine rings is 1. The highest BCUT2D eigenvalue weighted by molar-refractivity contribution is 9.09. The third-order valence-corrected chi connectivity index (χ3v) is 3.19. The van der Waals surface area contributed by atoms with Crippen LogP contribution in [0.15, 0.2) is 36.5 Å². The van der Waals surface area contributed by atoms with Crippen LogP contribution in [0.4, 0.5) is 0 Å². The van der Waals surface area contributed by atoms with Crippen LogP contribution in [0.3, 0.4) is 0 Å². The average Bonchev–Trinajstić information content (AvgIpc) is 2.38. The van der Waals surface area contributed by atoms with Crippen LogP contribution < -0.4 is 4.74 Å². The Morgan fingerprint density at radius 1 is 1.06 bits per heavy atom. The van der Waals surface area contributed by atoms with Crippen molar-refractivity contribution >= 4 is 26.7 Å². The minimum absolute atomic E-state index is 0.725. The third kappa shape index (κ3) is 3.70. The van der Waals surface area contributed by atoms with Gasteiger partial charge < -0.3 is 4.74 Å². The summed E-state index contributed by atoms with van der Waals surface area (Å²) in [6.45, 7) is 0.748. The van der Waals surface area contributed by atoms with Crippen LogP contribution in [0.5, 0.6) is 5.88 Å². The molecule has 0 bridgehead atoms. The van der Waals surface area contributed by atoms with E-state index in [0.717, 1.165) is 29.6 Å². The fourth-order valence-electron chi connectivity index (χ4n) is 1.69. The summed E-state index contributed by atoms with van der Waals surface area (Å²) in [5.74, 6) is 0.725. The first-order chi connectivity index (χ1) is 8.40. The molecule has 2 rings (SSSR count). The summed E-state index contributed by atoms with van der Waals surface area (Å²) in [6, 6.07) is 10.2. The van der Waals surface area contributed by atoms with E-state index in [9.17, 15) is 0 Å². The number of rotatable bonds is 6. The lowest BCUT2D eigenvalue weighted by atomic mass is 10.2. The molecule has 3 heteroatoms. The summed E-state index contributed by atoms with van der Waals surface area (Å²) in [7, 11) is 0. The summed E-state index contributed by atoms with van der Waals surface area (Å²) in [6.07, 6.45) is 5.34. The van der Waals surface area contributed by atoms with Gasteiger partial charge in [-0.2, -0.15) is 0 Å². The fourth-order valence-corrected chi connectivity index (χ4v) is 2.09. The van der Waals surface area contributed by atoms with Crippen molar-refractivity contribution in [2.75, 3.05) is 11.9 Å². The molecule has 0 unspecified atom stereocenters. The number of alkyl halides is 1. The van der Waals surface area contributed by atoms with Crippen LogP contribution in [0.2, 0.25) is 0 Å². The van der Waals surface area contributed by atoms with Crippen LogP contribution >= 0.6 is 15.9 Å². The molecule has 0 spiro atoms. The Morgan fingerprint density at radius 3 is 2.71 bits per heavy atom. The van der Waals surface area contributed by atoms with E-state index >= 15 is 0 Å². The normalized spacial score (nSPS) is 10.6. The number of aromatic nitrogens is 1. The highest BCUT2D eigenvalue weighted by atomic mass is 79.9. The van der Waals surface area contributed by atoms with E-state index in [0.29, 0.717) is 0 Å². The van der Waals surface area contributed by atoms with Crippen LogP contribution in [-0.2, 0) is 0 Å². The predicted molar refractivity (Wildman–Crippen MR) is 74.9 cm³/mol. The van der Waals surface area contributed by atoms with Crippen molar-refractivity contribution < 1.29 is 4.74 Å². The average molecular weight is 294 g/mol. The summed E-state index contributed by atoms with van der Waals surface area (Å²) in [5.41, 5.74) is 0. The quantitative estimate of drug-likeness (QED) is 0.589. The number of unbranched alkanes of at least 4 members (excludes halogenated alkanes) is 2. The van der Waals surface area contributed by atoms with Crippen LogP contribution in [0.25, 0.3) is 10.8 Å². The highest BCUT2D eigenvalue weighted by Crippen LogP contribution is 2.17. The molecule has 0 aliphatic heterocycles. The fraction of sp³-hybridized carbons (Fsp3) is 0.357. The van der Waals surface area contributed by atoms with Gasteiger partial charge in [-0.3, -0.25) is 0 Å². The molecule has 1 aromatic carbocycles. The first-order valence-corrected chi connectivity index (χ1v) is 7.06. The SMILES string of the molecule is BrCCCCCOc1cc2ccccc2cn1. The van der Waals surface area contributed by atoms with Crippen molar-refractivity contribution in [2.24, 2.45) is 0 Å². The van der Waals surface area contributed by atoms with Gasteiger partial charge in [0.05, 0.1) is 6.61 Å². The van der Waals surface area contributed by atoms with Gasteiger partial charge in [-0.1, -0.05) is 40.2 Å². The van der Waals surface area contributed by atoms with Gasteiger partial charge in [0, 0.05) is 23.0 Å². The molecule has 2 aromatic rings. The summed E-state index contributed by atoms with van der Waals surface area (Å²) in [4.78, 5) is 4.29. The van der Waals surface area contributed by atoms with E-state index in [2.05, 4.69) is 33.0 Å². The van der Waals surface area contributed by atoms with Gasteiger partial charge in [-0.25, -0.2) is 4.98 Å². The minimum Gasteiger partial charge on any atom is -0.478 e. The summed E-state index contributed by atoms with van der Waals surface area (Å²) < 4.78 is 5.63. The first kappa shape index (κ1) is 12.4. The first-order valence-electron chi connectivity index (χ1n) is 5.94. The van der Waals surface area contributed by atoms with Crippen LogP contribution in [0, 0.1) is 0 Å². The molecule has 0 amide bonds. The van der Waals surface area contributed by atoms with Crippen LogP contribution in [0.1, 0.15) is 19.3 Å². The Bertz CT molecular complexity index is 472. The lowest BCUT2D eigenvalue weighted by Gasteiger charge is -2.05. The molecule has 0 saturated heterocycles. The van der Waals surface area contributed by atoms with E-state index in [1.165, 1.54) is 18.2 Å².